The second-order valence-corrected chi connectivity index (χ2v) is 12.1. The van der Waals surface area contributed by atoms with E-state index in [0.29, 0.717) is 18.3 Å². The van der Waals surface area contributed by atoms with Crippen molar-refractivity contribution in [2.75, 3.05) is 0 Å². The zero-order valence-electron chi connectivity index (χ0n) is 25.6. The van der Waals surface area contributed by atoms with Crippen molar-refractivity contribution in [1.29, 1.82) is 0 Å². The van der Waals surface area contributed by atoms with Crippen LogP contribution in [-0.4, -0.2) is 30.9 Å². The Labute approximate surface area is 248 Å². The molecule has 3 aromatic carbocycles. The fourth-order valence-corrected chi connectivity index (χ4v) is 5.07. The molecule has 0 bridgehead atoms. The van der Waals surface area contributed by atoms with E-state index in [4.69, 9.17) is 14.5 Å². The first-order valence-corrected chi connectivity index (χ1v) is 14.6. The summed E-state index contributed by atoms with van der Waals surface area (Å²) in [5, 5.41) is 0. The van der Waals surface area contributed by atoms with Crippen molar-refractivity contribution >= 4 is 17.2 Å². The Bertz CT molecular complexity index is 1700. The van der Waals surface area contributed by atoms with Crippen LogP contribution >= 0.6 is 0 Å². The van der Waals surface area contributed by atoms with E-state index >= 15 is 0 Å². The molecule has 5 aromatic rings. The van der Waals surface area contributed by atoms with E-state index in [1.165, 1.54) is 0 Å². The van der Waals surface area contributed by atoms with E-state index in [2.05, 4.69) is 84.4 Å². The second-order valence-electron chi connectivity index (χ2n) is 12.1. The Kier molecular flexibility index (Phi) is 8.21. The summed E-state index contributed by atoms with van der Waals surface area (Å²) in [7, 11) is 0. The standard InChI is InChI=1S/C35H40N4O3/c1-8-11-32-37-33-24(4)18-27(29-21-38(22-36-29)23(2)3)19-30(33)39(32)20-25-14-16-26(17-15-25)28-12-9-10-13-31(28)41-34(40)42-35(5,6)7/h9-10,12-19,21-23H,8,11,20H2,1-7H3. The van der Waals surface area contributed by atoms with Gasteiger partial charge in [0.25, 0.3) is 0 Å². The molecule has 0 spiro atoms. The summed E-state index contributed by atoms with van der Waals surface area (Å²) in [6.07, 6.45) is 5.22. The summed E-state index contributed by atoms with van der Waals surface area (Å²) >= 11 is 0. The number of benzene rings is 3. The summed E-state index contributed by atoms with van der Waals surface area (Å²) in [4.78, 5) is 22.1. The zero-order chi connectivity index (χ0) is 30.0. The van der Waals surface area contributed by atoms with Crippen molar-refractivity contribution in [2.45, 2.75) is 79.5 Å². The van der Waals surface area contributed by atoms with E-state index < -0.39 is 11.8 Å². The lowest BCUT2D eigenvalue weighted by Crippen LogP contribution is -2.26. The van der Waals surface area contributed by atoms with Gasteiger partial charge in [0.05, 0.1) is 23.1 Å². The maximum atomic E-state index is 12.3. The van der Waals surface area contributed by atoms with E-state index in [9.17, 15) is 4.79 Å². The van der Waals surface area contributed by atoms with Gasteiger partial charge in [-0.2, -0.15) is 0 Å². The van der Waals surface area contributed by atoms with E-state index in [1.54, 1.807) is 6.07 Å². The fourth-order valence-electron chi connectivity index (χ4n) is 5.07. The first kappa shape index (κ1) is 29.1. The van der Waals surface area contributed by atoms with Gasteiger partial charge in [0.1, 0.15) is 17.2 Å². The number of fused-ring (bicyclic) bond motifs is 1. The average molecular weight is 565 g/mol. The minimum Gasteiger partial charge on any atom is -0.428 e. The van der Waals surface area contributed by atoms with Crippen molar-refractivity contribution in [3.63, 3.8) is 0 Å². The topological polar surface area (TPSA) is 71.2 Å². The molecule has 0 atom stereocenters. The molecule has 7 heteroatoms. The van der Waals surface area contributed by atoms with Gasteiger partial charge in [-0.1, -0.05) is 49.4 Å². The first-order chi connectivity index (χ1) is 20.0. The van der Waals surface area contributed by atoms with Gasteiger partial charge < -0.3 is 18.6 Å². The van der Waals surface area contributed by atoms with Gasteiger partial charge in [-0.3, -0.25) is 0 Å². The molecule has 0 unspecified atom stereocenters. The molecule has 42 heavy (non-hydrogen) atoms. The second kappa shape index (κ2) is 11.8. The summed E-state index contributed by atoms with van der Waals surface area (Å²) in [6, 6.07) is 20.7. The summed E-state index contributed by atoms with van der Waals surface area (Å²) in [5.41, 5.74) is 7.69. The molecule has 5 rings (SSSR count). The molecule has 218 valence electrons. The van der Waals surface area contributed by atoms with Crippen LogP contribution in [0.5, 0.6) is 5.75 Å². The van der Waals surface area contributed by atoms with Gasteiger partial charge in [0, 0.05) is 36.3 Å². The molecule has 0 aliphatic heterocycles. The number of para-hydroxylation sites is 1. The van der Waals surface area contributed by atoms with Crippen LogP contribution in [0, 0.1) is 6.92 Å². The van der Waals surface area contributed by atoms with Crippen molar-refractivity contribution in [3.8, 4) is 28.1 Å². The van der Waals surface area contributed by atoms with Crippen molar-refractivity contribution in [1.82, 2.24) is 19.1 Å². The molecule has 0 aliphatic carbocycles. The third-order valence-corrected chi connectivity index (χ3v) is 7.17. The van der Waals surface area contributed by atoms with Gasteiger partial charge in [-0.25, -0.2) is 14.8 Å². The third-order valence-electron chi connectivity index (χ3n) is 7.17. The van der Waals surface area contributed by atoms with E-state index in [-0.39, 0.29) is 0 Å². The number of ether oxygens (including phenoxy) is 2. The van der Waals surface area contributed by atoms with Crippen LogP contribution in [0.15, 0.2) is 73.2 Å². The minimum absolute atomic E-state index is 0.358. The lowest BCUT2D eigenvalue weighted by atomic mass is 10.0. The Hall–Kier alpha value is -4.39. The third kappa shape index (κ3) is 6.40. The van der Waals surface area contributed by atoms with Crippen LogP contribution in [0.25, 0.3) is 33.4 Å². The van der Waals surface area contributed by atoms with Crippen LogP contribution in [0.2, 0.25) is 0 Å². The molecule has 0 aliphatic rings. The lowest BCUT2D eigenvalue weighted by molar-refractivity contribution is 0.0207. The van der Waals surface area contributed by atoms with Crippen LogP contribution in [-0.2, 0) is 17.7 Å². The molecular weight excluding hydrogens is 524 g/mol. The molecule has 0 N–H and O–H groups in total. The summed E-state index contributed by atoms with van der Waals surface area (Å²) in [5.74, 6) is 1.55. The number of aromatic nitrogens is 4. The number of nitrogens with zero attached hydrogens (tertiary/aromatic N) is 4. The highest BCUT2D eigenvalue weighted by atomic mass is 16.7. The average Bonchev–Trinajstić information content (AvgIpc) is 3.55. The van der Waals surface area contributed by atoms with E-state index in [1.807, 2.05) is 45.3 Å². The first-order valence-electron chi connectivity index (χ1n) is 14.6. The molecule has 2 aromatic heterocycles. The highest BCUT2D eigenvalue weighted by Gasteiger charge is 2.20. The molecule has 0 saturated carbocycles. The molecule has 0 radical (unpaired) electrons. The monoisotopic (exact) mass is 564 g/mol. The minimum atomic E-state index is -0.715. The van der Waals surface area contributed by atoms with Gasteiger partial charge in [-0.15, -0.1) is 0 Å². The number of imidazole rings is 2. The molecule has 2 heterocycles. The maximum Gasteiger partial charge on any atom is 0.514 e. The van der Waals surface area contributed by atoms with Crippen molar-refractivity contribution in [3.05, 3.63) is 90.1 Å². The fraction of sp³-hybridized carbons (Fsp3) is 0.343. The Morgan fingerprint density at radius 2 is 1.74 bits per heavy atom. The normalized spacial score (nSPS) is 11.8. The predicted octanol–water partition coefficient (Wildman–Crippen LogP) is 8.77. The number of carbonyl (C=O) groups is 1. The Morgan fingerprint density at radius 1 is 1.00 bits per heavy atom. The van der Waals surface area contributed by atoms with E-state index in [0.717, 1.165) is 63.2 Å². The summed E-state index contributed by atoms with van der Waals surface area (Å²) < 4.78 is 15.4. The highest BCUT2D eigenvalue weighted by Crippen LogP contribution is 2.32. The summed E-state index contributed by atoms with van der Waals surface area (Å²) in [6.45, 7) is 14.8. The smallest absolute Gasteiger partial charge is 0.428 e. The van der Waals surface area contributed by atoms with Crippen LogP contribution in [0.4, 0.5) is 4.79 Å². The quantitative estimate of drug-likeness (QED) is 0.139. The Balaban J connectivity index is 1.46. The van der Waals surface area contributed by atoms with Crippen molar-refractivity contribution < 1.29 is 14.3 Å². The predicted molar refractivity (Wildman–Crippen MR) is 168 cm³/mol. The SMILES string of the molecule is CCCc1nc2c(C)cc(-c3cn(C(C)C)cn3)cc2n1Cc1ccc(-c2ccccc2OC(=O)OC(C)(C)C)cc1. The largest absolute Gasteiger partial charge is 0.514 e. The molecule has 0 amide bonds. The highest BCUT2D eigenvalue weighted by molar-refractivity contribution is 5.85. The zero-order valence-corrected chi connectivity index (χ0v) is 25.6. The van der Waals surface area contributed by atoms with Crippen LogP contribution in [0.3, 0.4) is 0 Å². The van der Waals surface area contributed by atoms with Gasteiger partial charge in [-0.05, 0) is 82.9 Å². The number of hydrogen-bond acceptors (Lipinski definition) is 5. The number of carbonyl (C=O) groups excluding carboxylic acids is 1. The van der Waals surface area contributed by atoms with Gasteiger partial charge in [0.2, 0.25) is 0 Å². The van der Waals surface area contributed by atoms with Crippen LogP contribution in [0.1, 0.15) is 71.0 Å². The molecular formula is C35H40N4O3. The van der Waals surface area contributed by atoms with Gasteiger partial charge in [0.15, 0.2) is 0 Å². The number of hydrogen-bond donors (Lipinski definition) is 0. The van der Waals surface area contributed by atoms with Crippen molar-refractivity contribution in [2.24, 2.45) is 0 Å². The number of rotatable bonds is 8. The molecule has 0 fully saturated rings. The maximum absolute atomic E-state index is 12.3. The molecule has 7 nitrogen and oxygen atoms in total. The van der Waals surface area contributed by atoms with Crippen LogP contribution < -0.4 is 4.74 Å². The molecule has 0 saturated heterocycles. The van der Waals surface area contributed by atoms with Gasteiger partial charge >= 0.3 is 6.16 Å². The number of aryl methyl sites for hydroxylation is 2. The Morgan fingerprint density at radius 3 is 2.40 bits per heavy atom. The lowest BCUT2D eigenvalue weighted by Gasteiger charge is -2.19.